The third-order valence-electron chi connectivity index (χ3n) is 2.23. The van der Waals surface area contributed by atoms with Crippen molar-refractivity contribution in [3.8, 4) is 0 Å². The fourth-order valence-corrected chi connectivity index (χ4v) is 3.80. The molecule has 1 N–H and O–H groups in total. The summed E-state index contributed by atoms with van der Waals surface area (Å²) in [4.78, 5) is 5.65. The van der Waals surface area contributed by atoms with Crippen LogP contribution in [0, 0.1) is 0 Å². The molecule has 0 spiro atoms. The Hall–Kier alpha value is -0.270. The van der Waals surface area contributed by atoms with E-state index in [2.05, 4.69) is 37.7 Å². The number of ether oxygens (including phenoxy) is 1. The van der Waals surface area contributed by atoms with Gasteiger partial charge in [0.1, 0.15) is 5.01 Å². The third-order valence-corrected chi connectivity index (χ3v) is 4.82. The first-order chi connectivity index (χ1) is 8.31. The topological polar surface area (TPSA) is 34.1 Å². The van der Waals surface area contributed by atoms with Gasteiger partial charge in [0.15, 0.2) is 0 Å². The van der Waals surface area contributed by atoms with Crippen LogP contribution in [0.4, 0.5) is 0 Å². The molecule has 17 heavy (non-hydrogen) atoms. The summed E-state index contributed by atoms with van der Waals surface area (Å²) in [6.07, 6.45) is 1.84. The van der Waals surface area contributed by atoms with E-state index in [1.807, 2.05) is 11.6 Å². The average molecular weight is 333 g/mol. The number of nitrogens with one attached hydrogen (secondary N) is 1. The van der Waals surface area contributed by atoms with Crippen molar-refractivity contribution in [3.05, 3.63) is 37.4 Å². The Bertz CT molecular complexity index is 444. The summed E-state index contributed by atoms with van der Waals surface area (Å²) in [7, 11) is 1.71. The van der Waals surface area contributed by atoms with Crippen LogP contribution in [-0.4, -0.2) is 25.2 Å². The van der Waals surface area contributed by atoms with E-state index in [-0.39, 0.29) is 6.04 Å². The van der Waals surface area contributed by atoms with Crippen LogP contribution in [0.3, 0.4) is 0 Å². The lowest BCUT2D eigenvalue weighted by Crippen LogP contribution is -2.25. The zero-order valence-electron chi connectivity index (χ0n) is 9.35. The summed E-state index contributed by atoms with van der Waals surface area (Å²) >= 11 is 6.89. The number of halogens is 1. The van der Waals surface area contributed by atoms with Crippen molar-refractivity contribution < 1.29 is 4.74 Å². The lowest BCUT2D eigenvalue weighted by Gasteiger charge is -2.14. The van der Waals surface area contributed by atoms with Gasteiger partial charge in [-0.2, -0.15) is 0 Å². The lowest BCUT2D eigenvalue weighted by molar-refractivity contribution is 0.197. The minimum atomic E-state index is 0.168. The molecule has 2 aromatic heterocycles. The Labute approximate surface area is 117 Å². The molecule has 2 rings (SSSR count). The monoisotopic (exact) mass is 332 g/mol. The van der Waals surface area contributed by atoms with Crippen LogP contribution >= 0.6 is 38.6 Å². The normalized spacial score (nSPS) is 12.8. The van der Waals surface area contributed by atoms with Gasteiger partial charge in [-0.1, -0.05) is 0 Å². The van der Waals surface area contributed by atoms with E-state index in [1.54, 1.807) is 29.8 Å². The van der Waals surface area contributed by atoms with E-state index in [0.717, 1.165) is 16.0 Å². The SMILES string of the molecule is COCCNC(c1cc(Br)cs1)c1nccs1. The van der Waals surface area contributed by atoms with Crippen LogP contribution in [0.1, 0.15) is 15.9 Å². The number of thiophene rings is 1. The number of hydrogen-bond acceptors (Lipinski definition) is 5. The van der Waals surface area contributed by atoms with Crippen LogP contribution in [0.25, 0.3) is 0 Å². The van der Waals surface area contributed by atoms with Crippen molar-refractivity contribution in [1.82, 2.24) is 10.3 Å². The first-order valence-electron chi connectivity index (χ1n) is 5.17. The van der Waals surface area contributed by atoms with Crippen LogP contribution in [0.15, 0.2) is 27.5 Å². The van der Waals surface area contributed by atoms with E-state index in [1.165, 1.54) is 4.88 Å². The smallest absolute Gasteiger partial charge is 0.115 e. The van der Waals surface area contributed by atoms with Crippen molar-refractivity contribution in [2.24, 2.45) is 0 Å². The second kappa shape index (κ2) is 6.61. The number of methoxy groups -OCH3 is 1. The Balaban J connectivity index is 2.13. The highest BCUT2D eigenvalue weighted by Crippen LogP contribution is 2.30. The Morgan fingerprint density at radius 1 is 1.53 bits per heavy atom. The van der Waals surface area contributed by atoms with Crippen LogP contribution in [0.5, 0.6) is 0 Å². The molecule has 2 heterocycles. The molecule has 0 aliphatic rings. The van der Waals surface area contributed by atoms with Crippen molar-refractivity contribution in [2.45, 2.75) is 6.04 Å². The predicted molar refractivity (Wildman–Crippen MR) is 75.9 cm³/mol. The quantitative estimate of drug-likeness (QED) is 0.824. The standard InChI is InChI=1S/C11H13BrN2OS2/c1-15-4-2-13-10(11-14-3-5-16-11)9-6-8(12)7-17-9/h3,5-7,10,13H,2,4H2,1H3. The Morgan fingerprint density at radius 3 is 3.00 bits per heavy atom. The largest absolute Gasteiger partial charge is 0.383 e. The lowest BCUT2D eigenvalue weighted by atomic mass is 10.2. The highest BCUT2D eigenvalue weighted by Gasteiger charge is 2.17. The fourth-order valence-electron chi connectivity index (χ4n) is 1.47. The summed E-state index contributed by atoms with van der Waals surface area (Å²) in [5, 5.41) is 8.65. The first kappa shape index (κ1) is 13.2. The molecule has 3 nitrogen and oxygen atoms in total. The van der Waals surface area contributed by atoms with Crippen molar-refractivity contribution in [1.29, 1.82) is 0 Å². The van der Waals surface area contributed by atoms with Crippen molar-refractivity contribution in [3.63, 3.8) is 0 Å². The number of rotatable bonds is 6. The average Bonchev–Trinajstić information content (AvgIpc) is 2.96. The molecule has 1 atom stereocenters. The van der Waals surface area contributed by atoms with Gasteiger partial charge in [-0.25, -0.2) is 4.98 Å². The molecule has 1 unspecified atom stereocenters. The molecule has 6 heteroatoms. The van der Waals surface area contributed by atoms with Gasteiger partial charge in [-0.15, -0.1) is 22.7 Å². The summed E-state index contributed by atoms with van der Waals surface area (Å²) in [6.45, 7) is 1.52. The molecule has 0 aliphatic heterocycles. The summed E-state index contributed by atoms with van der Waals surface area (Å²) in [5.41, 5.74) is 0. The number of hydrogen-bond donors (Lipinski definition) is 1. The van der Waals surface area contributed by atoms with E-state index in [4.69, 9.17) is 4.74 Å². The van der Waals surface area contributed by atoms with Gasteiger partial charge >= 0.3 is 0 Å². The molecule has 0 bridgehead atoms. The fraction of sp³-hybridized carbons (Fsp3) is 0.364. The van der Waals surface area contributed by atoms with Crippen LogP contribution < -0.4 is 5.32 Å². The third kappa shape index (κ3) is 3.59. The highest BCUT2D eigenvalue weighted by molar-refractivity contribution is 9.10. The molecule has 0 aromatic carbocycles. The van der Waals surface area contributed by atoms with E-state index in [0.29, 0.717) is 6.61 Å². The minimum absolute atomic E-state index is 0.168. The molecule has 0 amide bonds. The van der Waals surface area contributed by atoms with Crippen LogP contribution in [-0.2, 0) is 4.74 Å². The second-order valence-corrected chi connectivity index (χ2v) is 6.20. The van der Waals surface area contributed by atoms with E-state index >= 15 is 0 Å². The summed E-state index contributed by atoms with van der Waals surface area (Å²) in [5.74, 6) is 0. The number of nitrogens with zero attached hydrogens (tertiary/aromatic N) is 1. The van der Waals surface area contributed by atoms with Crippen molar-refractivity contribution >= 4 is 38.6 Å². The molecule has 92 valence electrons. The van der Waals surface area contributed by atoms with Gasteiger partial charge in [0, 0.05) is 40.0 Å². The first-order valence-corrected chi connectivity index (χ1v) is 7.72. The van der Waals surface area contributed by atoms with Gasteiger partial charge in [0.05, 0.1) is 12.6 Å². The highest BCUT2D eigenvalue weighted by atomic mass is 79.9. The Morgan fingerprint density at radius 2 is 2.41 bits per heavy atom. The van der Waals surface area contributed by atoms with Gasteiger partial charge in [0.2, 0.25) is 0 Å². The van der Waals surface area contributed by atoms with Gasteiger partial charge in [0.25, 0.3) is 0 Å². The Kier molecular flexibility index (Phi) is 5.12. The van der Waals surface area contributed by atoms with E-state index in [9.17, 15) is 0 Å². The molecule has 0 radical (unpaired) electrons. The maximum absolute atomic E-state index is 5.07. The van der Waals surface area contributed by atoms with Gasteiger partial charge in [-0.05, 0) is 22.0 Å². The summed E-state index contributed by atoms with van der Waals surface area (Å²) in [6, 6.07) is 2.30. The zero-order valence-corrected chi connectivity index (χ0v) is 12.6. The number of aromatic nitrogens is 1. The van der Waals surface area contributed by atoms with Crippen molar-refractivity contribution in [2.75, 3.05) is 20.3 Å². The molecule has 2 aromatic rings. The molecule has 0 saturated carbocycles. The molecule has 0 saturated heterocycles. The maximum Gasteiger partial charge on any atom is 0.115 e. The van der Waals surface area contributed by atoms with Gasteiger partial charge in [-0.3, -0.25) is 0 Å². The second-order valence-electron chi connectivity index (χ2n) is 3.42. The molecular weight excluding hydrogens is 320 g/mol. The maximum atomic E-state index is 5.07. The summed E-state index contributed by atoms with van der Waals surface area (Å²) < 4.78 is 6.18. The minimum Gasteiger partial charge on any atom is -0.383 e. The predicted octanol–water partition coefficient (Wildman–Crippen LogP) is 3.29. The zero-order chi connectivity index (χ0) is 12.1. The van der Waals surface area contributed by atoms with Gasteiger partial charge < -0.3 is 10.1 Å². The number of thiazole rings is 1. The molecule has 0 aliphatic carbocycles. The van der Waals surface area contributed by atoms with Crippen LogP contribution in [0.2, 0.25) is 0 Å². The molecule has 0 fully saturated rings. The van der Waals surface area contributed by atoms with E-state index < -0.39 is 0 Å². The molecular formula is C11H13BrN2OS2.